The summed E-state index contributed by atoms with van der Waals surface area (Å²) in [5, 5.41) is 0. The first-order valence-electron chi connectivity index (χ1n) is 5.73. The minimum absolute atomic E-state index is 0.150. The van der Waals surface area contributed by atoms with Crippen LogP contribution in [0.25, 0.3) is 0 Å². The maximum Gasteiger partial charge on any atom is 0.331 e. The van der Waals surface area contributed by atoms with Gasteiger partial charge in [0.1, 0.15) is 0 Å². The van der Waals surface area contributed by atoms with Crippen molar-refractivity contribution in [3.05, 3.63) is 11.6 Å². The molecular weight excluding hydrogens is 222 g/mol. The van der Waals surface area contributed by atoms with E-state index in [9.17, 15) is 9.59 Å². The van der Waals surface area contributed by atoms with Crippen LogP contribution in [0.5, 0.6) is 0 Å². The van der Waals surface area contributed by atoms with Gasteiger partial charge in [0.05, 0.1) is 20.3 Å². The lowest BCUT2D eigenvalue weighted by Crippen LogP contribution is -2.52. The Bertz CT molecular complexity index is 324. The monoisotopic (exact) mass is 241 g/mol. The fraction of sp³-hybridized carbons (Fsp3) is 0.667. The number of ether oxygens (including phenoxy) is 2. The molecule has 0 saturated carbocycles. The molecule has 1 fully saturated rings. The Morgan fingerprint density at radius 2 is 2.24 bits per heavy atom. The van der Waals surface area contributed by atoms with Gasteiger partial charge in [-0.25, -0.2) is 4.79 Å². The van der Waals surface area contributed by atoms with Gasteiger partial charge in [-0.1, -0.05) is 12.5 Å². The van der Waals surface area contributed by atoms with Gasteiger partial charge < -0.3 is 14.4 Å². The number of rotatable bonds is 3. The fourth-order valence-electron chi connectivity index (χ4n) is 1.59. The number of amides is 1. The number of morpholine rings is 1. The lowest BCUT2D eigenvalue weighted by Gasteiger charge is -2.33. The summed E-state index contributed by atoms with van der Waals surface area (Å²) in [5.74, 6) is -0.580. The van der Waals surface area contributed by atoms with E-state index in [1.165, 1.54) is 12.0 Å². The molecule has 0 aromatic rings. The highest BCUT2D eigenvalue weighted by atomic mass is 16.5. The predicted molar refractivity (Wildman–Crippen MR) is 62.4 cm³/mol. The van der Waals surface area contributed by atoms with Crippen LogP contribution in [-0.2, 0) is 19.1 Å². The summed E-state index contributed by atoms with van der Waals surface area (Å²) in [7, 11) is 1.31. The molecule has 1 unspecified atom stereocenters. The van der Waals surface area contributed by atoms with Crippen LogP contribution in [0.4, 0.5) is 0 Å². The highest BCUT2D eigenvalue weighted by molar-refractivity contribution is 5.92. The summed E-state index contributed by atoms with van der Waals surface area (Å²) in [5.41, 5.74) is 0.991. The third-order valence-corrected chi connectivity index (χ3v) is 2.81. The molecule has 1 heterocycles. The van der Waals surface area contributed by atoms with Crippen molar-refractivity contribution in [2.24, 2.45) is 0 Å². The minimum atomic E-state index is -0.623. The average molecular weight is 241 g/mol. The Hall–Kier alpha value is -1.36. The van der Waals surface area contributed by atoms with Crippen molar-refractivity contribution in [1.82, 2.24) is 4.90 Å². The van der Waals surface area contributed by atoms with Crippen LogP contribution in [0.3, 0.4) is 0 Å². The molecular formula is C12H19NO4. The quantitative estimate of drug-likeness (QED) is 0.540. The smallest absolute Gasteiger partial charge is 0.331 e. The molecule has 1 aliphatic rings. The van der Waals surface area contributed by atoms with Crippen LogP contribution in [0.2, 0.25) is 0 Å². The second kappa shape index (κ2) is 6.39. The highest BCUT2D eigenvalue weighted by Crippen LogP contribution is 2.11. The van der Waals surface area contributed by atoms with Gasteiger partial charge in [-0.15, -0.1) is 0 Å². The van der Waals surface area contributed by atoms with E-state index in [4.69, 9.17) is 4.74 Å². The highest BCUT2D eigenvalue weighted by Gasteiger charge is 2.32. The van der Waals surface area contributed by atoms with Gasteiger partial charge in [0.25, 0.3) is 0 Å². The minimum Gasteiger partial charge on any atom is -0.467 e. The number of carbonyl (C=O) groups excluding carboxylic acids is 2. The van der Waals surface area contributed by atoms with Gasteiger partial charge in [0.15, 0.2) is 6.04 Å². The molecule has 96 valence electrons. The van der Waals surface area contributed by atoms with Crippen molar-refractivity contribution in [2.75, 3.05) is 26.9 Å². The normalized spacial score (nSPS) is 21.2. The Balaban J connectivity index is 2.77. The molecule has 0 N–H and O–H groups in total. The maximum absolute atomic E-state index is 12.0. The zero-order chi connectivity index (χ0) is 12.8. The van der Waals surface area contributed by atoms with E-state index in [-0.39, 0.29) is 12.5 Å². The average Bonchev–Trinajstić information content (AvgIpc) is 2.37. The Morgan fingerprint density at radius 3 is 2.82 bits per heavy atom. The van der Waals surface area contributed by atoms with Gasteiger partial charge in [0.2, 0.25) is 5.91 Å². The molecule has 17 heavy (non-hydrogen) atoms. The molecule has 1 amide bonds. The lowest BCUT2D eigenvalue weighted by molar-refractivity contribution is -0.158. The number of carbonyl (C=O) groups is 2. The second-order valence-electron chi connectivity index (χ2n) is 3.99. The molecule has 0 spiro atoms. The van der Waals surface area contributed by atoms with Gasteiger partial charge in [0, 0.05) is 12.6 Å². The molecule has 0 aromatic heterocycles. The summed E-state index contributed by atoms with van der Waals surface area (Å²) < 4.78 is 9.87. The second-order valence-corrected chi connectivity index (χ2v) is 3.99. The van der Waals surface area contributed by atoms with E-state index in [1.54, 1.807) is 6.08 Å². The summed E-state index contributed by atoms with van der Waals surface area (Å²) >= 11 is 0. The molecule has 1 aliphatic heterocycles. The van der Waals surface area contributed by atoms with Crippen molar-refractivity contribution in [3.8, 4) is 0 Å². The number of nitrogens with zero attached hydrogens (tertiary/aromatic N) is 1. The largest absolute Gasteiger partial charge is 0.467 e. The molecule has 5 nitrogen and oxygen atoms in total. The van der Waals surface area contributed by atoms with E-state index >= 15 is 0 Å². The first kappa shape index (κ1) is 13.7. The molecule has 0 bridgehead atoms. The van der Waals surface area contributed by atoms with Gasteiger partial charge >= 0.3 is 5.97 Å². The van der Waals surface area contributed by atoms with Crippen LogP contribution in [0.1, 0.15) is 20.3 Å². The predicted octanol–water partition coefficient (Wildman–Crippen LogP) is 0.743. The third-order valence-electron chi connectivity index (χ3n) is 2.81. The summed E-state index contributed by atoms with van der Waals surface area (Å²) in [6, 6.07) is -0.623. The number of hydrogen-bond donors (Lipinski definition) is 0. The van der Waals surface area contributed by atoms with Crippen molar-refractivity contribution in [3.63, 3.8) is 0 Å². The van der Waals surface area contributed by atoms with Crippen molar-refractivity contribution < 1.29 is 19.1 Å². The van der Waals surface area contributed by atoms with Crippen LogP contribution < -0.4 is 0 Å². The lowest BCUT2D eigenvalue weighted by atomic mass is 10.2. The van der Waals surface area contributed by atoms with Gasteiger partial charge in [-0.3, -0.25) is 4.79 Å². The fourth-order valence-corrected chi connectivity index (χ4v) is 1.59. The van der Waals surface area contributed by atoms with E-state index in [0.717, 1.165) is 12.0 Å². The summed E-state index contributed by atoms with van der Waals surface area (Å²) in [6.45, 7) is 4.96. The zero-order valence-electron chi connectivity index (χ0n) is 10.6. The Morgan fingerprint density at radius 1 is 1.53 bits per heavy atom. The first-order chi connectivity index (χ1) is 8.10. The number of esters is 1. The topological polar surface area (TPSA) is 55.8 Å². The molecule has 1 atom stereocenters. The molecule has 1 rings (SSSR count). The standard InChI is InChI=1S/C12H19NO4/c1-4-9(2)7-11(14)13-5-6-17-8-10(13)12(15)16-3/h7,10H,4-6,8H2,1-3H3/b9-7+. The van der Waals surface area contributed by atoms with Crippen LogP contribution >= 0.6 is 0 Å². The van der Waals surface area contributed by atoms with Crippen LogP contribution in [0.15, 0.2) is 11.6 Å². The Labute approximate surface area is 101 Å². The maximum atomic E-state index is 12.0. The van der Waals surface area contributed by atoms with Crippen LogP contribution in [-0.4, -0.2) is 49.7 Å². The Kier molecular flexibility index (Phi) is 5.15. The van der Waals surface area contributed by atoms with Gasteiger partial charge in [-0.05, 0) is 13.3 Å². The SMILES string of the molecule is CC/C(C)=C/C(=O)N1CCOCC1C(=O)OC. The molecule has 5 heteroatoms. The number of allylic oxidation sites excluding steroid dienone is 1. The molecule has 1 saturated heterocycles. The summed E-state index contributed by atoms with van der Waals surface area (Å²) in [6.07, 6.45) is 2.39. The van der Waals surface area contributed by atoms with Crippen molar-refractivity contribution >= 4 is 11.9 Å². The van der Waals surface area contributed by atoms with Crippen LogP contribution in [0, 0.1) is 0 Å². The summed E-state index contributed by atoms with van der Waals surface area (Å²) in [4.78, 5) is 25.0. The van der Waals surface area contributed by atoms with Crippen molar-refractivity contribution in [2.45, 2.75) is 26.3 Å². The molecule has 0 aromatic carbocycles. The first-order valence-corrected chi connectivity index (χ1v) is 5.73. The van der Waals surface area contributed by atoms with E-state index < -0.39 is 12.0 Å². The van der Waals surface area contributed by atoms with Crippen molar-refractivity contribution in [1.29, 1.82) is 0 Å². The third kappa shape index (κ3) is 3.56. The molecule has 0 aliphatic carbocycles. The van der Waals surface area contributed by atoms with E-state index in [0.29, 0.717) is 13.2 Å². The molecule has 0 radical (unpaired) electrons. The van der Waals surface area contributed by atoms with E-state index in [2.05, 4.69) is 4.74 Å². The number of hydrogen-bond acceptors (Lipinski definition) is 4. The number of methoxy groups -OCH3 is 1. The zero-order valence-corrected chi connectivity index (χ0v) is 10.6. The van der Waals surface area contributed by atoms with Gasteiger partial charge in [-0.2, -0.15) is 0 Å². The van der Waals surface area contributed by atoms with E-state index in [1.807, 2.05) is 13.8 Å².